The molecule has 0 unspecified atom stereocenters. The first-order valence-electron chi connectivity index (χ1n) is 5.46. The fourth-order valence-corrected chi connectivity index (χ4v) is 2.49. The lowest BCUT2D eigenvalue weighted by atomic mass is 9.98. The summed E-state index contributed by atoms with van der Waals surface area (Å²) in [7, 11) is 0. The zero-order valence-electron chi connectivity index (χ0n) is 9.00. The van der Waals surface area contributed by atoms with Crippen LogP contribution in [0.1, 0.15) is 23.0 Å². The summed E-state index contributed by atoms with van der Waals surface area (Å²) in [6.45, 7) is 0.931. The fraction of sp³-hybridized carbons (Fsp3) is 0.250. The molecule has 1 aliphatic heterocycles. The van der Waals surface area contributed by atoms with E-state index in [0.717, 1.165) is 24.2 Å². The number of nitrogens with one attached hydrogen (secondary N) is 2. The first-order chi connectivity index (χ1) is 8.25. The minimum Gasteiger partial charge on any atom is -0.348 e. The van der Waals surface area contributed by atoms with Gasteiger partial charge in [-0.25, -0.2) is 4.98 Å². The summed E-state index contributed by atoms with van der Waals surface area (Å²) in [6.07, 6.45) is 2.72. The number of hydrogen-bond donors (Lipinski definition) is 2. The van der Waals surface area contributed by atoms with Crippen LogP contribution < -0.4 is 5.32 Å². The Kier molecular flexibility index (Phi) is 2.82. The highest BCUT2D eigenvalue weighted by Gasteiger charge is 2.23. The Labute approximate surface area is 109 Å². The van der Waals surface area contributed by atoms with Crippen LogP contribution in [0.5, 0.6) is 0 Å². The Balaban J connectivity index is 2.03. The van der Waals surface area contributed by atoms with Crippen LogP contribution in [0.25, 0.3) is 0 Å². The predicted octanol–water partition coefficient (Wildman–Crippen LogP) is 2.95. The summed E-state index contributed by atoms with van der Waals surface area (Å²) in [5, 5.41) is 4.59. The van der Waals surface area contributed by atoms with E-state index in [-0.39, 0.29) is 6.04 Å². The van der Waals surface area contributed by atoms with Crippen molar-refractivity contribution in [2.45, 2.75) is 12.5 Å². The van der Waals surface area contributed by atoms with Crippen molar-refractivity contribution >= 4 is 23.2 Å². The first kappa shape index (κ1) is 11.1. The third-order valence-electron chi connectivity index (χ3n) is 3.03. The van der Waals surface area contributed by atoms with Gasteiger partial charge >= 0.3 is 0 Å². The van der Waals surface area contributed by atoms with Gasteiger partial charge < -0.3 is 10.3 Å². The largest absolute Gasteiger partial charge is 0.348 e. The number of aromatic amines is 1. The normalized spacial score (nSPS) is 19.1. The Bertz CT molecular complexity index is 550. The maximum Gasteiger partial charge on any atom is 0.0926 e. The number of imidazole rings is 1. The average Bonchev–Trinajstić information content (AvgIpc) is 2.80. The molecule has 2 N–H and O–H groups in total. The number of nitrogens with zero attached hydrogens (tertiary/aromatic N) is 1. The number of hydrogen-bond acceptors (Lipinski definition) is 2. The van der Waals surface area contributed by atoms with Gasteiger partial charge in [0.1, 0.15) is 0 Å². The van der Waals surface area contributed by atoms with Gasteiger partial charge in [-0.1, -0.05) is 29.3 Å². The summed E-state index contributed by atoms with van der Waals surface area (Å²) in [4.78, 5) is 7.55. The highest BCUT2D eigenvalue weighted by atomic mass is 35.5. The predicted molar refractivity (Wildman–Crippen MR) is 68.6 cm³/mol. The molecule has 17 heavy (non-hydrogen) atoms. The fourth-order valence-electron chi connectivity index (χ4n) is 2.19. The summed E-state index contributed by atoms with van der Waals surface area (Å²) >= 11 is 12.0. The second kappa shape index (κ2) is 4.33. The summed E-state index contributed by atoms with van der Waals surface area (Å²) in [6, 6.07) is 5.79. The number of halogens is 2. The van der Waals surface area contributed by atoms with Gasteiger partial charge in [-0.15, -0.1) is 0 Å². The van der Waals surface area contributed by atoms with Gasteiger partial charge in [0.2, 0.25) is 0 Å². The molecule has 1 aromatic heterocycles. The molecule has 0 fully saturated rings. The quantitative estimate of drug-likeness (QED) is 0.834. The molecule has 2 aromatic rings. The monoisotopic (exact) mass is 267 g/mol. The number of fused-ring (bicyclic) bond motifs is 1. The van der Waals surface area contributed by atoms with Crippen molar-refractivity contribution in [1.82, 2.24) is 15.3 Å². The summed E-state index contributed by atoms with van der Waals surface area (Å²) in [5.74, 6) is 0. The average molecular weight is 268 g/mol. The number of rotatable bonds is 1. The van der Waals surface area contributed by atoms with E-state index in [2.05, 4.69) is 15.3 Å². The molecule has 0 saturated carbocycles. The van der Waals surface area contributed by atoms with Gasteiger partial charge in [0.15, 0.2) is 0 Å². The van der Waals surface area contributed by atoms with Crippen LogP contribution in [-0.4, -0.2) is 16.5 Å². The van der Waals surface area contributed by atoms with E-state index >= 15 is 0 Å². The van der Waals surface area contributed by atoms with Crippen molar-refractivity contribution in [3.05, 3.63) is 51.5 Å². The Morgan fingerprint density at radius 2 is 2.12 bits per heavy atom. The summed E-state index contributed by atoms with van der Waals surface area (Å²) in [5.41, 5.74) is 3.34. The van der Waals surface area contributed by atoms with Gasteiger partial charge in [-0.2, -0.15) is 0 Å². The zero-order valence-corrected chi connectivity index (χ0v) is 10.5. The smallest absolute Gasteiger partial charge is 0.0926 e. The maximum absolute atomic E-state index is 6.05. The molecule has 1 atom stereocenters. The van der Waals surface area contributed by atoms with Crippen LogP contribution >= 0.6 is 23.2 Å². The van der Waals surface area contributed by atoms with Crippen molar-refractivity contribution in [3.63, 3.8) is 0 Å². The van der Waals surface area contributed by atoms with E-state index in [1.54, 1.807) is 6.33 Å². The second-order valence-electron chi connectivity index (χ2n) is 4.08. The van der Waals surface area contributed by atoms with Crippen LogP contribution in [0.15, 0.2) is 24.5 Å². The van der Waals surface area contributed by atoms with Crippen LogP contribution in [-0.2, 0) is 6.42 Å². The first-order valence-corrected chi connectivity index (χ1v) is 6.22. The van der Waals surface area contributed by atoms with E-state index in [1.165, 1.54) is 5.69 Å². The molecule has 0 spiro atoms. The summed E-state index contributed by atoms with van der Waals surface area (Å²) < 4.78 is 0. The molecule has 0 amide bonds. The molecule has 3 nitrogen and oxygen atoms in total. The van der Waals surface area contributed by atoms with E-state index < -0.39 is 0 Å². The Hall–Kier alpha value is -1.03. The number of aromatic nitrogens is 2. The van der Waals surface area contributed by atoms with Crippen molar-refractivity contribution in [1.29, 1.82) is 0 Å². The molecule has 1 aromatic carbocycles. The van der Waals surface area contributed by atoms with Gasteiger partial charge in [0.25, 0.3) is 0 Å². The lowest BCUT2D eigenvalue weighted by Crippen LogP contribution is -2.30. The highest BCUT2D eigenvalue weighted by molar-refractivity contribution is 6.42. The van der Waals surface area contributed by atoms with E-state index in [1.807, 2.05) is 18.2 Å². The molecule has 5 heteroatoms. The van der Waals surface area contributed by atoms with Gasteiger partial charge in [0, 0.05) is 18.7 Å². The van der Waals surface area contributed by atoms with Gasteiger partial charge in [-0.05, 0) is 17.7 Å². The number of H-pyrrole nitrogens is 1. The lowest BCUT2D eigenvalue weighted by Gasteiger charge is -2.23. The Morgan fingerprint density at radius 1 is 1.24 bits per heavy atom. The minimum atomic E-state index is 0.0970. The molecule has 3 rings (SSSR count). The van der Waals surface area contributed by atoms with E-state index in [0.29, 0.717) is 10.0 Å². The van der Waals surface area contributed by atoms with E-state index in [4.69, 9.17) is 23.2 Å². The van der Waals surface area contributed by atoms with Crippen molar-refractivity contribution in [3.8, 4) is 0 Å². The standard InChI is InChI=1S/C12H11Cl2N3/c13-8-2-1-7(5-9(8)14)11-12-10(3-4-15-11)16-6-17-12/h1-2,5-6,11,15H,3-4H2,(H,16,17)/t11-/m0/s1. The third-order valence-corrected chi connectivity index (χ3v) is 3.76. The van der Waals surface area contributed by atoms with E-state index in [9.17, 15) is 0 Å². The van der Waals surface area contributed by atoms with Crippen molar-refractivity contribution in [2.24, 2.45) is 0 Å². The van der Waals surface area contributed by atoms with Crippen LogP contribution in [0.2, 0.25) is 10.0 Å². The molecule has 0 bridgehead atoms. The lowest BCUT2D eigenvalue weighted by molar-refractivity contribution is 0.553. The van der Waals surface area contributed by atoms with Crippen molar-refractivity contribution < 1.29 is 0 Å². The molecular weight excluding hydrogens is 257 g/mol. The topological polar surface area (TPSA) is 40.7 Å². The SMILES string of the molecule is Clc1ccc([C@@H]2NCCc3[nH]cnc32)cc1Cl. The molecular formula is C12H11Cl2N3. The second-order valence-corrected chi connectivity index (χ2v) is 4.89. The maximum atomic E-state index is 6.05. The Morgan fingerprint density at radius 3 is 2.94 bits per heavy atom. The molecule has 2 heterocycles. The van der Waals surface area contributed by atoms with Gasteiger partial charge in [-0.3, -0.25) is 0 Å². The molecule has 0 saturated heterocycles. The molecule has 0 radical (unpaired) electrons. The molecule has 88 valence electrons. The van der Waals surface area contributed by atoms with Gasteiger partial charge in [0.05, 0.1) is 28.1 Å². The highest BCUT2D eigenvalue weighted by Crippen LogP contribution is 2.30. The van der Waals surface area contributed by atoms with Crippen LogP contribution in [0.4, 0.5) is 0 Å². The minimum absolute atomic E-state index is 0.0970. The molecule has 1 aliphatic rings. The molecule has 0 aliphatic carbocycles. The van der Waals surface area contributed by atoms with Crippen LogP contribution in [0.3, 0.4) is 0 Å². The van der Waals surface area contributed by atoms with Crippen LogP contribution in [0, 0.1) is 0 Å². The zero-order chi connectivity index (χ0) is 11.8. The van der Waals surface area contributed by atoms with Crippen molar-refractivity contribution in [2.75, 3.05) is 6.54 Å². The number of benzene rings is 1. The third kappa shape index (κ3) is 1.95.